The lowest BCUT2D eigenvalue weighted by atomic mass is 10.3. The average molecular weight is 366 g/mol. The molecular formula is C10H6ClFIN3O. The zero-order chi connectivity index (χ0) is 12.4. The first kappa shape index (κ1) is 12.3. The summed E-state index contributed by atoms with van der Waals surface area (Å²) in [5.41, 5.74) is -0.194. The molecular weight excluding hydrogens is 359 g/mol. The summed E-state index contributed by atoms with van der Waals surface area (Å²) in [5.74, 6) is -0.239. The summed E-state index contributed by atoms with van der Waals surface area (Å²) in [6, 6.07) is 4.32. The maximum absolute atomic E-state index is 13.5. The van der Waals surface area contributed by atoms with E-state index in [1.165, 1.54) is 18.5 Å². The number of para-hydroxylation sites is 1. The second-order valence-corrected chi connectivity index (χ2v) is 4.60. The number of rotatable bonds is 2. The fraction of sp³-hybridized carbons (Fsp3) is 0. The Morgan fingerprint density at radius 1 is 1.47 bits per heavy atom. The van der Waals surface area contributed by atoms with E-state index in [-0.39, 0.29) is 22.1 Å². The fourth-order valence-electron chi connectivity index (χ4n) is 1.21. The molecule has 17 heavy (non-hydrogen) atoms. The highest BCUT2D eigenvalue weighted by molar-refractivity contribution is 14.1. The Labute approximate surface area is 114 Å². The van der Waals surface area contributed by atoms with Gasteiger partial charge in [-0.25, -0.2) is 9.37 Å². The molecule has 0 saturated heterocycles. The second-order valence-electron chi connectivity index (χ2n) is 3.12. The maximum atomic E-state index is 13.5. The number of anilines is 2. The van der Waals surface area contributed by atoms with Gasteiger partial charge in [-0.3, -0.25) is 4.79 Å². The van der Waals surface area contributed by atoms with E-state index in [0.717, 1.165) is 0 Å². The van der Waals surface area contributed by atoms with Gasteiger partial charge in [0.15, 0.2) is 5.82 Å². The molecule has 1 heterocycles. The summed E-state index contributed by atoms with van der Waals surface area (Å²) in [5, 5.41) is 2.93. The number of benzene rings is 1. The predicted molar refractivity (Wildman–Crippen MR) is 72.3 cm³/mol. The second kappa shape index (κ2) is 5.01. The molecule has 7 heteroatoms. The summed E-state index contributed by atoms with van der Waals surface area (Å²) in [4.78, 5) is 17.7. The Morgan fingerprint density at radius 2 is 2.24 bits per heavy atom. The van der Waals surface area contributed by atoms with Gasteiger partial charge in [-0.05, 0) is 34.7 Å². The van der Waals surface area contributed by atoms with Crippen LogP contribution in [0.2, 0.25) is 5.02 Å². The van der Waals surface area contributed by atoms with Crippen LogP contribution in [0.25, 0.3) is 0 Å². The number of nitrogens with one attached hydrogen (secondary N) is 2. The minimum absolute atomic E-state index is 0.102. The average Bonchev–Trinajstić information content (AvgIpc) is 2.29. The number of aromatic amines is 1. The van der Waals surface area contributed by atoms with E-state index >= 15 is 0 Å². The third-order valence-corrected chi connectivity index (χ3v) is 3.32. The van der Waals surface area contributed by atoms with Gasteiger partial charge in [0.2, 0.25) is 0 Å². The number of halogens is 3. The summed E-state index contributed by atoms with van der Waals surface area (Å²) in [6.45, 7) is 0. The molecule has 0 unspecified atom stereocenters. The molecule has 0 saturated carbocycles. The van der Waals surface area contributed by atoms with E-state index in [0.29, 0.717) is 3.57 Å². The third-order valence-electron chi connectivity index (χ3n) is 2.00. The first-order valence-electron chi connectivity index (χ1n) is 4.54. The van der Waals surface area contributed by atoms with Gasteiger partial charge in [-0.1, -0.05) is 17.7 Å². The minimum Gasteiger partial charge on any atom is -0.336 e. The molecule has 2 N–H and O–H groups in total. The van der Waals surface area contributed by atoms with Gasteiger partial charge < -0.3 is 10.3 Å². The predicted octanol–water partition coefficient (Wildman–Crippen LogP) is 2.91. The van der Waals surface area contributed by atoms with E-state index in [2.05, 4.69) is 15.3 Å². The van der Waals surface area contributed by atoms with Crippen molar-refractivity contribution in [1.82, 2.24) is 9.97 Å². The largest absolute Gasteiger partial charge is 0.336 e. The Bertz CT molecular complexity index is 596. The van der Waals surface area contributed by atoms with Crippen LogP contribution in [0.4, 0.5) is 15.9 Å². The van der Waals surface area contributed by atoms with Gasteiger partial charge in [-0.2, -0.15) is 0 Å². The monoisotopic (exact) mass is 365 g/mol. The highest BCUT2D eigenvalue weighted by atomic mass is 127. The molecule has 0 aliphatic carbocycles. The van der Waals surface area contributed by atoms with E-state index in [1.54, 1.807) is 6.07 Å². The normalized spacial score (nSPS) is 10.3. The molecule has 0 aliphatic rings. The smallest absolute Gasteiger partial charge is 0.266 e. The number of nitrogens with zero attached hydrogens (tertiary/aromatic N) is 1. The topological polar surface area (TPSA) is 57.8 Å². The molecule has 0 bridgehead atoms. The number of hydrogen-bond acceptors (Lipinski definition) is 3. The van der Waals surface area contributed by atoms with Crippen LogP contribution in [0, 0.1) is 9.39 Å². The Kier molecular flexibility index (Phi) is 3.63. The Balaban J connectivity index is 2.45. The molecule has 4 nitrogen and oxygen atoms in total. The van der Waals surface area contributed by atoms with E-state index < -0.39 is 5.82 Å². The quantitative estimate of drug-likeness (QED) is 0.805. The molecule has 0 spiro atoms. The van der Waals surface area contributed by atoms with Crippen LogP contribution < -0.4 is 10.9 Å². The summed E-state index contributed by atoms with van der Waals surface area (Å²) < 4.78 is 13.8. The molecule has 0 radical (unpaired) electrons. The molecule has 1 aromatic carbocycles. The summed E-state index contributed by atoms with van der Waals surface area (Å²) in [6.07, 6.45) is 1.24. The van der Waals surface area contributed by atoms with E-state index in [4.69, 9.17) is 11.6 Å². The molecule has 2 aromatic rings. The maximum Gasteiger partial charge on any atom is 0.266 e. The molecule has 2 rings (SSSR count). The summed E-state index contributed by atoms with van der Waals surface area (Å²) in [7, 11) is 0. The fourth-order valence-corrected chi connectivity index (χ4v) is 1.85. The molecule has 0 fully saturated rings. The molecule has 1 aromatic heterocycles. The number of aromatic nitrogens is 2. The van der Waals surface area contributed by atoms with Crippen molar-refractivity contribution in [2.75, 3.05) is 5.32 Å². The van der Waals surface area contributed by atoms with Crippen molar-refractivity contribution < 1.29 is 4.39 Å². The van der Waals surface area contributed by atoms with Gasteiger partial charge in [-0.15, -0.1) is 0 Å². The van der Waals surface area contributed by atoms with Crippen molar-refractivity contribution in [3.63, 3.8) is 0 Å². The first-order chi connectivity index (χ1) is 8.09. The van der Waals surface area contributed by atoms with Crippen LogP contribution in [0.5, 0.6) is 0 Å². The van der Waals surface area contributed by atoms with Crippen molar-refractivity contribution >= 4 is 45.7 Å². The van der Waals surface area contributed by atoms with Crippen LogP contribution in [-0.4, -0.2) is 9.97 Å². The zero-order valence-electron chi connectivity index (χ0n) is 8.30. The van der Waals surface area contributed by atoms with Crippen molar-refractivity contribution in [3.05, 3.63) is 49.3 Å². The van der Waals surface area contributed by atoms with Crippen molar-refractivity contribution in [2.45, 2.75) is 0 Å². The van der Waals surface area contributed by atoms with E-state index in [9.17, 15) is 9.18 Å². The molecule has 0 amide bonds. The number of hydrogen-bond donors (Lipinski definition) is 2. The van der Waals surface area contributed by atoms with Crippen LogP contribution >= 0.6 is 34.2 Å². The molecule has 0 aliphatic heterocycles. The Hall–Kier alpha value is -1.15. The van der Waals surface area contributed by atoms with Crippen LogP contribution in [0.3, 0.4) is 0 Å². The standard InChI is InChI=1S/C10H6ClFIN3O/c11-5-2-1-3-6(12)8(5)16-9-7(13)10(17)15-4-14-9/h1-4H,(H2,14,15,16,17). The highest BCUT2D eigenvalue weighted by Gasteiger charge is 2.11. The lowest BCUT2D eigenvalue weighted by molar-refractivity contribution is 0.632. The molecule has 88 valence electrons. The van der Waals surface area contributed by atoms with Gasteiger partial charge in [0.1, 0.15) is 9.39 Å². The summed E-state index contributed by atoms with van der Waals surface area (Å²) >= 11 is 7.67. The molecule has 0 atom stereocenters. The zero-order valence-corrected chi connectivity index (χ0v) is 11.2. The van der Waals surface area contributed by atoms with Crippen LogP contribution in [0.1, 0.15) is 0 Å². The van der Waals surface area contributed by atoms with Gasteiger partial charge in [0.05, 0.1) is 17.0 Å². The van der Waals surface area contributed by atoms with Gasteiger partial charge in [0, 0.05) is 0 Å². The van der Waals surface area contributed by atoms with Gasteiger partial charge in [0.25, 0.3) is 5.56 Å². The third kappa shape index (κ3) is 2.58. The van der Waals surface area contributed by atoms with Crippen molar-refractivity contribution in [3.8, 4) is 0 Å². The Morgan fingerprint density at radius 3 is 2.94 bits per heavy atom. The van der Waals surface area contributed by atoms with E-state index in [1.807, 2.05) is 22.6 Å². The highest BCUT2D eigenvalue weighted by Crippen LogP contribution is 2.28. The SMILES string of the molecule is O=c1[nH]cnc(Nc2c(F)cccc2Cl)c1I. The lowest BCUT2D eigenvalue weighted by Gasteiger charge is -2.09. The van der Waals surface area contributed by atoms with Crippen LogP contribution in [0.15, 0.2) is 29.3 Å². The van der Waals surface area contributed by atoms with Gasteiger partial charge >= 0.3 is 0 Å². The van der Waals surface area contributed by atoms with Crippen LogP contribution in [-0.2, 0) is 0 Å². The number of H-pyrrole nitrogens is 1. The van der Waals surface area contributed by atoms with Crippen molar-refractivity contribution in [2.24, 2.45) is 0 Å². The minimum atomic E-state index is -0.504. The van der Waals surface area contributed by atoms with Crippen molar-refractivity contribution in [1.29, 1.82) is 0 Å². The lowest BCUT2D eigenvalue weighted by Crippen LogP contribution is -2.13. The first-order valence-corrected chi connectivity index (χ1v) is 5.99.